The summed E-state index contributed by atoms with van der Waals surface area (Å²) in [6, 6.07) is 9.67. The van der Waals surface area contributed by atoms with Crippen molar-refractivity contribution < 1.29 is 0 Å². The Morgan fingerprint density at radius 1 is 1.19 bits per heavy atom. The van der Waals surface area contributed by atoms with Crippen LogP contribution >= 0.6 is 11.3 Å². The molecule has 0 fully saturated rings. The second-order valence-corrected chi connectivity index (χ2v) is 4.30. The molecule has 1 aromatic carbocycles. The van der Waals surface area contributed by atoms with E-state index in [0.29, 0.717) is 11.5 Å². The van der Waals surface area contributed by atoms with Gasteiger partial charge < -0.3 is 0 Å². The highest BCUT2D eigenvalue weighted by molar-refractivity contribution is 7.16. The molecule has 0 amide bonds. The number of rotatable bonds is 1. The summed E-state index contributed by atoms with van der Waals surface area (Å²) in [5.41, 5.74) is 1.54. The number of H-pyrrole nitrogens is 1. The van der Waals surface area contributed by atoms with Crippen molar-refractivity contribution in [2.24, 2.45) is 0 Å². The van der Waals surface area contributed by atoms with Crippen molar-refractivity contribution in [2.75, 3.05) is 0 Å². The summed E-state index contributed by atoms with van der Waals surface area (Å²) in [5, 5.41) is 0. The molecular formula is C11H7N3OS. The van der Waals surface area contributed by atoms with E-state index < -0.39 is 0 Å². The first-order valence-electron chi connectivity index (χ1n) is 4.74. The smallest absolute Gasteiger partial charge is 0.297 e. The molecule has 0 atom stereocenters. The second-order valence-electron chi connectivity index (χ2n) is 3.29. The molecule has 4 nitrogen and oxygen atoms in total. The van der Waals surface area contributed by atoms with Crippen molar-refractivity contribution >= 4 is 21.7 Å². The molecule has 1 N–H and O–H groups in total. The molecule has 2 aromatic heterocycles. The van der Waals surface area contributed by atoms with Gasteiger partial charge in [-0.2, -0.15) is 0 Å². The van der Waals surface area contributed by atoms with Crippen molar-refractivity contribution in [3.05, 3.63) is 46.2 Å². The highest BCUT2D eigenvalue weighted by Gasteiger charge is 2.04. The van der Waals surface area contributed by atoms with E-state index in [1.165, 1.54) is 0 Å². The van der Waals surface area contributed by atoms with Gasteiger partial charge in [0.25, 0.3) is 0 Å². The lowest BCUT2D eigenvalue weighted by Crippen LogP contribution is -1.92. The Bertz CT molecular complexity index is 687. The van der Waals surface area contributed by atoms with Crippen LogP contribution < -0.4 is 4.87 Å². The number of nitrogens with zero attached hydrogens (tertiary/aromatic N) is 2. The molecule has 0 saturated heterocycles. The van der Waals surface area contributed by atoms with E-state index in [1.807, 2.05) is 30.3 Å². The van der Waals surface area contributed by atoms with E-state index in [2.05, 4.69) is 15.0 Å². The van der Waals surface area contributed by atoms with Crippen LogP contribution in [0.3, 0.4) is 0 Å². The molecule has 0 aliphatic carbocycles. The van der Waals surface area contributed by atoms with Gasteiger partial charge in [-0.1, -0.05) is 41.7 Å². The lowest BCUT2D eigenvalue weighted by Gasteiger charge is -1.98. The Labute approximate surface area is 94.6 Å². The molecule has 0 unspecified atom stereocenters. The average molecular weight is 229 g/mol. The lowest BCUT2D eigenvalue weighted by molar-refractivity contribution is 1.20. The zero-order chi connectivity index (χ0) is 11.0. The van der Waals surface area contributed by atoms with Crippen LogP contribution in [0.1, 0.15) is 0 Å². The number of hydrogen-bond donors (Lipinski definition) is 1. The largest absolute Gasteiger partial charge is 0.306 e. The number of thiazole rings is 1. The van der Waals surface area contributed by atoms with Gasteiger partial charge in [-0.25, -0.2) is 9.97 Å². The van der Waals surface area contributed by atoms with Crippen LogP contribution in [0.4, 0.5) is 0 Å². The zero-order valence-electron chi connectivity index (χ0n) is 8.18. The van der Waals surface area contributed by atoms with Crippen LogP contribution in [-0.4, -0.2) is 15.0 Å². The van der Waals surface area contributed by atoms with Gasteiger partial charge in [-0.05, 0) is 0 Å². The Morgan fingerprint density at radius 3 is 2.81 bits per heavy atom. The molecule has 78 valence electrons. The van der Waals surface area contributed by atoms with Crippen molar-refractivity contribution in [3.63, 3.8) is 0 Å². The number of benzene rings is 1. The van der Waals surface area contributed by atoms with Crippen LogP contribution in [0.5, 0.6) is 0 Å². The van der Waals surface area contributed by atoms with Crippen molar-refractivity contribution in [1.82, 2.24) is 15.0 Å². The van der Waals surface area contributed by atoms with E-state index in [1.54, 1.807) is 6.20 Å². The summed E-state index contributed by atoms with van der Waals surface area (Å²) in [6.07, 6.45) is 1.67. The average Bonchev–Trinajstić information content (AvgIpc) is 2.69. The van der Waals surface area contributed by atoms with Gasteiger partial charge in [0, 0.05) is 5.56 Å². The van der Waals surface area contributed by atoms with Crippen molar-refractivity contribution in [1.29, 1.82) is 0 Å². The van der Waals surface area contributed by atoms with Crippen molar-refractivity contribution in [2.45, 2.75) is 0 Å². The molecule has 0 aliphatic heterocycles. The number of aromatic amines is 1. The number of hydrogen-bond acceptors (Lipinski definition) is 4. The van der Waals surface area contributed by atoms with Gasteiger partial charge in [-0.15, -0.1) is 0 Å². The molecular weight excluding hydrogens is 222 g/mol. The molecule has 2 heterocycles. The Balaban J connectivity index is 2.22. The maximum atomic E-state index is 11.1. The highest BCUT2D eigenvalue weighted by Crippen LogP contribution is 2.17. The molecule has 0 saturated carbocycles. The third-order valence-electron chi connectivity index (χ3n) is 2.21. The minimum absolute atomic E-state index is 0.102. The molecule has 0 radical (unpaired) electrons. The fourth-order valence-corrected chi connectivity index (χ4v) is 2.13. The summed E-state index contributed by atoms with van der Waals surface area (Å²) >= 11 is 1.12. The van der Waals surface area contributed by atoms with Crippen LogP contribution in [0.25, 0.3) is 21.7 Å². The maximum absolute atomic E-state index is 11.1. The van der Waals surface area contributed by atoms with Crippen LogP contribution in [0, 0.1) is 0 Å². The first kappa shape index (κ1) is 9.23. The third-order valence-corrected chi connectivity index (χ3v) is 3.02. The van der Waals surface area contributed by atoms with Gasteiger partial charge in [0.15, 0.2) is 11.5 Å². The summed E-state index contributed by atoms with van der Waals surface area (Å²) in [7, 11) is 0. The summed E-state index contributed by atoms with van der Waals surface area (Å²) in [5.74, 6) is 0.627. The highest BCUT2D eigenvalue weighted by atomic mass is 32.1. The molecule has 0 spiro atoms. The fraction of sp³-hybridized carbons (Fsp3) is 0. The van der Waals surface area contributed by atoms with Gasteiger partial charge in [0.1, 0.15) is 0 Å². The van der Waals surface area contributed by atoms with E-state index in [-0.39, 0.29) is 4.87 Å². The Kier molecular flexibility index (Phi) is 2.04. The standard InChI is InChI=1S/C11H7N3OS/c15-11-14-10-8(16-11)6-12-9(13-10)7-4-2-1-3-5-7/h1-6H,(H,12,13,14,15). The number of aromatic nitrogens is 3. The fourth-order valence-electron chi connectivity index (χ4n) is 1.48. The van der Waals surface area contributed by atoms with Crippen molar-refractivity contribution in [3.8, 4) is 11.4 Å². The predicted molar refractivity (Wildman–Crippen MR) is 63.5 cm³/mol. The first-order valence-corrected chi connectivity index (χ1v) is 5.56. The Morgan fingerprint density at radius 2 is 2.00 bits per heavy atom. The van der Waals surface area contributed by atoms with Crippen LogP contribution in [0.2, 0.25) is 0 Å². The topological polar surface area (TPSA) is 58.6 Å². The molecule has 16 heavy (non-hydrogen) atoms. The van der Waals surface area contributed by atoms with Gasteiger partial charge in [-0.3, -0.25) is 9.78 Å². The minimum atomic E-state index is -0.102. The van der Waals surface area contributed by atoms with Crippen LogP contribution in [-0.2, 0) is 0 Å². The molecule has 3 rings (SSSR count). The molecule has 0 bridgehead atoms. The lowest BCUT2D eigenvalue weighted by atomic mass is 10.2. The van der Waals surface area contributed by atoms with Crippen LogP contribution in [0.15, 0.2) is 41.3 Å². The van der Waals surface area contributed by atoms with Gasteiger partial charge in [0.2, 0.25) is 0 Å². The summed E-state index contributed by atoms with van der Waals surface area (Å²) in [4.78, 5) is 22.3. The van der Waals surface area contributed by atoms with E-state index in [0.717, 1.165) is 21.6 Å². The maximum Gasteiger partial charge on any atom is 0.306 e. The Hall–Kier alpha value is -2.01. The molecule has 0 aliphatic rings. The SMILES string of the molecule is O=c1[nH]c2nc(-c3ccccc3)ncc2s1. The predicted octanol–water partition coefficient (Wildman–Crippen LogP) is 2.05. The monoisotopic (exact) mass is 229 g/mol. The van der Waals surface area contributed by atoms with Gasteiger partial charge in [0.05, 0.1) is 10.9 Å². The molecule has 5 heteroatoms. The molecule has 3 aromatic rings. The van der Waals surface area contributed by atoms with Gasteiger partial charge >= 0.3 is 4.87 Å². The normalized spacial score (nSPS) is 10.8. The first-order chi connectivity index (χ1) is 7.83. The summed E-state index contributed by atoms with van der Waals surface area (Å²) < 4.78 is 0.782. The number of nitrogens with one attached hydrogen (secondary N) is 1. The quantitative estimate of drug-likeness (QED) is 0.694. The summed E-state index contributed by atoms with van der Waals surface area (Å²) in [6.45, 7) is 0. The van der Waals surface area contributed by atoms with E-state index >= 15 is 0 Å². The minimum Gasteiger partial charge on any atom is -0.297 e. The zero-order valence-corrected chi connectivity index (χ0v) is 8.99. The number of fused-ring (bicyclic) bond motifs is 1. The van der Waals surface area contributed by atoms with E-state index in [9.17, 15) is 4.79 Å². The van der Waals surface area contributed by atoms with E-state index in [4.69, 9.17) is 0 Å². The third kappa shape index (κ3) is 1.51. The second kappa shape index (κ2) is 3.53.